The van der Waals surface area contributed by atoms with Crippen molar-refractivity contribution in [2.75, 3.05) is 0 Å². The molecule has 3 aromatic rings. The molecule has 3 rings (SSSR count). The summed E-state index contributed by atoms with van der Waals surface area (Å²) in [5, 5.41) is 2.97. The third kappa shape index (κ3) is 4.50. The number of alkyl halides is 4. The first-order valence-electron chi connectivity index (χ1n) is 7.46. The third-order valence-electron chi connectivity index (χ3n) is 3.57. The topological polar surface area (TPSA) is 22.1 Å². The molecule has 2 nitrogen and oxygen atoms in total. The Morgan fingerprint density at radius 2 is 1.81 bits per heavy atom. The summed E-state index contributed by atoms with van der Waals surface area (Å²) in [4.78, 5) is 4.40. The van der Waals surface area contributed by atoms with E-state index in [0.29, 0.717) is 32.9 Å². The van der Waals surface area contributed by atoms with Crippen molar-refractivity contribution in [2.45, 2.75) is 18.7 Å². The maximum atomic E-state index is 12.6. The van der Waals surface area contributed by atoms with Crippen LogP contribution in [0.5, 0.6) is 5.75 Å². The SMILES string of the molecule is FC(F)(F)c1ccc(-c2nc(COc3ccc(CCl)c(Cl)c3)cs2)cc1. The molecule has 0 bridgehead atoms. The standard InChI is InChI=1S/C18H12Cl2F3NOS/c19-8-12-3-6-15(7-16(12)20)25-9-14-10-26-17(24-14)11-1-4-13(5-2-11)18(21,22)23/h1-7,10H,8-9H2. The summed E-state index contributed by atoms with van der Waals surface area (Å²) < 4.78 is 43.5. The summed E-state index contributed by atoms with van der Waals surface area (Å²) in [6.07, 6.45) is -4.35. The van der Waals surface area contributed by atoms with Gasteiger partial charge in [0.2, 0.25) is 0 Å². The molecule has 0 atom stereocenters. The number of thiazole rings is 1. The normalized spacial score (nSPS) is 11.6. The van der Waals surface area contributed by atoms with Crippen LogP contribution in [0.3, 0.4) is 0 Å². The van der Waals surface area contributed by atoms with E-state index in [9.17, 15) is 13.2 Å². The van der Waals surface area contributed by atoms with Gasteiger partial charge in [0, 0.05) is 21.8 Å². The van der Waals surface area contributed by atoms with Crippen LogP contribution in [0.1, 0.15) is 16.8 Å². The number of ether oxygens (including phenoxy) is 1. The molecule has 0 aliphatic rings. The average Bonchev–Trinajstić information content (AvgIpc) is 3.08. The first-order valence-corrected chi connectivity index (χ1v) is 9.25. The molecule has 8 heteroatoms. The molecule has 0 fully saturated rings. The zero-order chi connectivity index (χ0) is 18.7. The molecule has 136 valence electrons. The molecule has 0 radical (unpaired) electrons. The maximum absolute atomic E-state index is 12.6. The Morgan fingerprint density at radius 1 is 1.08 bits per heavy atom. The van der Waals surface area contributed by atoms with Gasteiger partial charge in [-0.1, -0.05) is 29.8 Å². The van der Waals surface area contributed by atoms with Gasteiger partial charge in [-0.05, 0) is 29.8 Å². The van der Waals surface area contributed by atoms with Gasteiger partial charge in [-0.3, -0.25) is 0 Å². The molecule has 0 saturated carbocycles. The van der Waals surface area contributed by atoms with Crippen LogP contribution in [0.25, 0.3) is 10.6 Å². The first kappa shape index (κ1) is 19.0. The number of nitrogens with zero attached hydrogens (tertiary/aromatic N) is 1. The van der Waals surface area contributed by atoms with Gasteiger partial charge < -0.3 is 4.74 Å². The fraction of sp³-hybridized carbons (Fsp3) is 0.167. The minimum absolute atomic E-state index is 0.230. The summed E-state index contributed by atoms with van der Waals surface area (Å²) >= 11 is 13.2. The van der Waals surface area contributed by atoms with Crippen LogP contribution in [-0.2, 0) is 18.7 Å². The Labute approximate surface area is 162 Å². The predicted molar refractivity (Wildman–Crippen MR) is 97.9 cm³/mol. The highest BCUT2D eigenvalue weighted by molar-refractivity contribution is 7.13. The molecule has 2 aromatic carbocycles. The zero-order valence-electron chi connectivity index (χ0n) is 13.2. The molecule has 0 saturated heterocycles. The Hall–Kier alpha value is -1.76. The van der Waals surface area contributed by atoms with Crippen LogP contribution < -0.4 is 4.74 Å². The molecule has 0 unspecified atom stereocenters. The van der Waals surface area contributed by atoms with Gasteiger partial charge in [-0.25, -0.2) is 4.98 Å². The fourth-order valence-electron chi connectivity index (χ4n) is 2.19. The van der Waals surface area contributed by atoms with E-state index < -0.39 is 11.7 Å². The predicted octanol–water partition coefficient (Wildman–Crippen LogP) is 6.80. The number of benzene rings is 2. The largest absolute Gasteiger partial charge is 0.487 e. The second-order valence-electron chi connectivity index (χ2n) is 5.39. The van der Waals surface area contributed by atoms with E-state index in [-0.39, 0.29) is 6.61 Å². The van der Waals surface area contributed by atoms with Gasteiger partial charge in [0.05, 0.1) is 11.3 Å². The second-order valence-corrected chi connectivity index (χ2v) is 6.93. The number of hydrogen-bond donors (Lipinski definition) is 0. The van der Waals surface area contributed by atoms with E-state index in [4.69, 9.17) is 27.9 Å². The number of hydrogen-bond acceptors (Lipinski definition) is 3. The molecule has 26 heavy (non-hydrogen) atoms. The van der Waals surface area contributed by atoms with E-state index in [1.807, 2.05) is 5.38 Å². The molecule has 1 heterocycles. The van der Waals surface area contributed by atoms with E-state index in [1.54, 1.807) is 18.2 Å². The average molecular weight is 418 g/mol. The highest BCUT2D eigenvalue weighted by Gasteiger charge is 2.30. The lowest BCUT2D eigenvalue weighted by atomic mass is 10.1. The van der Waals surface area contributed by atoms with E-state index in [2.05, 4.69) is 4.98 Å². The monoisotopic (exact) mass is 417 g/mol. The van der Waals surface area contributed by atoms with Crippen LogP contribution >= 0.6 is 34.5 Å². The highest BCUT2D eigenvalue weighted by atomic mass is 35.5. The minimum Gasteiger partial charge on any atom is -0.487 e. The quantitative estimate of drug-likeness (QED) is 0.425. The Balaban J connectivity index is 1.67. The lowest BCUT2D eigenvalue weighted by Crippen LogP contribution is -2.03. The highest BCUT2D eigenvalue weighted by Crippen LogP contribution is 2.32. The van der Waals surface area contributed by atoms with E-state index >= 15 is 0 Å². The molecule has 0 aliphatic heterocycles. The Bertz CT molecular complexity index is 894. The van der Waals surface area contributed by atoms with E-state index in [0.717, 1.165) is 17.7 Å². The van der Waals surface area contributed by atoms with Crippen LogP contribution in [0.2, 0.25) is 5.02 Å². The summed E-state index contributed by atoms with van der Waals surface area (Å²) in [5.41, 5.74) is 1.45. The molecule has 0 spiro atoms. The van der Waals surface area contributed by atoms with Gasteiger partial charge in [0.25, 0.3) is 0 Å². The Kier molecular flexibility index (Phi) is 5.75. The summed E-state index contributed by atoms with van der Waals surface area (Å²) in [6.45, 7) is 0.230. The fourth-order valence-corrected chi connectivity index (χ4v) is 3.54. The van der Waals surface area contributed by atoms with Crippen molar-refractivity contribution in [2.24, 2.45) is 0 Å². The van der Waals surface area contributed by atoms with Crippen molar-refractivity contribution in [3.8, 4) is 16.3 Å². The van der Waals surface area contributed by atoms with Gasteiger partial charge >= 0.3 is 6.18 Å². The summed E-state index contributed by atoms with van der Waals surface area (Å²) in [5.74, 6) is 0.912. The van der Waals surface area contributed by atoms with Gasteiger partial charge in [0.15, 0.2) is 0 Å². The van der Waals surface area contributed by atoms with Gasteiger partial charge in [-0.15, -0.1) is 22.9 Å². The molecule has 1 aromatic heterocycles. The molecule has 0 N–H and O–H groups in total. The second kappa shape index (κ2) is 7.86. The lowest BCUT2D eigenvalue weighted by Gasteiger charge is -2.07. The molecule has 0 aliphatic carbocycles. The number of halogens is 5. The summed E-state index contributed by atoms with van der Waals surface area (Å²) in [7, 11) is 0. The van der Waals surface area contributed by atoms with Gasteiger partial charge in [-0.2, -0.15) is 13.2 Å². The van der Waals surface area contributed by atoms with Crippen molar-refractivity contribution < 1.29 is 17.9 Å². The summed E-state index contributed by atoms with van der Waals surface area (Å²) in [6, 6.07) is 10.2. The van der Waals surface area contributed by atoms with Crippen LogP contribution in [0.15, 0.2) is 47.8 Å². The minimum atomic E-state index is -4.35. The van der Waals surface area contributed by atoms with Crippen molar-refractivity contribution >= 4 is 34.5 Å². The lowest BCUT2D eigenvalue weighted by molar-refractivity contribution is -0.137. The first-order chi connectivity index (χ1) is 12.4. The van der Waals surface area contributed by atoms with Crippen molar-refractivity contribution in [1.29, 1.82) is 0 Å². The smallest absolute Gasteiger partial charge is 0.416 e. The Morgan fingerprint density at radius 3 is 2.42 bits per heavy atom. The number of aromatic nitrogens is 1. The third-order valence-corrected chi connectivity index (χ3v) is 5.15. The zero-order valence-corrected chi connectivity index (χ0v) is 15.5. The van der Waals surface area contributed by atoms with Crippen LogP contribution in [0, 0.1) is 0 Å². The maximum Gasteiger partial charge on any atom is 0.416 e. The molecular weight excluding hydrogens is 406 g/mol. The molecule has 0 amide bonds. The van der Waals surface area contributed by atoms with Gasteiger partial charge in [0.1, 0.15) is 17.4 Å². The van der Waals surface area contributed by atoms with Crippen molar-refractivity contribution in [3.05, 3.63) is 69.7 Å². The van der Waals surface area contributed by atoms with Crippen LogP contribution in [-0.4, -0.2) is 4.98 Å². The van der Waals surface area contributed by atoms with Crippen molar-refractivity contribution in [3.63, 3.8) is 0 Å². The molecular formula is C18H12Cl2F3NOS. The van der Waals surface area contributed by atoms with Crippen LogP contribution in [0.4, 0.5) is 13.2 Å². The van der Waals surface area contributed by atoms with Crippen molar-refractivity contribution in [1.82, 2.24) is 4.98 Å². The number of rotatable bonds is 5. The van der Waals surface area contributed by atoms with E-state index in [1.165, 1.54) is 23.5 Å².